The Hall–Kier alpha value is -0.650. The lowest BCUT2D eigenvalue weighted by Crippen LogP contribution is -2.54. The van der Waals surface area contributed by atoms with Crippen LogP contribution in [0.5, 0.6) is 0 Å². The molecule has 0 aromatic rings. The van der Waals surface area contributed by atoms with Gasteiger partial charge in [0.05, 0.1) is 18.8 Å². The lowest BCUT2D eigenvalue weighted by atomic mass is 9.91. The Morgan fingerprint density at radius 2 is 2.21 bits per heavy atom. The zero-order valence-corrected chi connectivity index (χ0v) is 12.6. The topological polar surface area (TPSA) is 53.6 Å². The van der Waals surface area contributed by atoms with Crippen molar-refractivity contribution in [3.05, 3.63) is 0 Å². The van der Waals surface area contributed by atoms with Crippen molar-refractivity contribution in [2.45, 2.75) is 38.1 Å². The molecule has 2 N–H and O–H groups in total. The maximum absolute atomic E-state index is 12.3. The van der Waals surface area contributed by atoms with Gasteiger partial charge < -0.3 is 20.3 Å². The summed E-state index contributed by atoms with van der Waals surface area (Å²) in [6.45, 7) is 5.88. The van der Waals surface area contributed by atoms with Crippen molar-refractivity contribution < 1.29 is 9.53 Å². The molecule has 5 heteroatoms. The van der Waals surface area contributed by atoms with E-state index in [1.165, 1.54) is 0 Å². The van der Waals surface area contributed by atoms with Crippen molar-refractivity contribution in [2.75, 3.05) is 46.9 Å². The molecular formula is C14H29N3O2. The molecule has 0 spiro atoms. The minimum absolute atomic E-state index is 0.142. The third-order valence-corrected chi connectivity index (χ3v) is 3.57. The zero-order valence-electron chi connectivity index (χ0n) is 12.6. The Balaban J connectivity index is 2.18. The van der Waals surface area contributed by atoms with E-state index < -0.39 is 0 Å². The van der Waals surface area contributed by atoms with Crippen LogP contribution >= 0.6 is 0 Å². The van der Waals surface area contributed by atoms with Gasteiger partial charge in [0.1, 0.15) is 0 Å². The summed E-state index contributed by atoms with van der Waals surface area (Å²) >= 11 is 0. The Labute approximate surface area is 117 Å². The quantitative estimate of drug-likeness (QED) is 0.603. The van der Waals surface area contributed by atoms with E-state index in [0.717, 1.165) is 38.8 Å². The van der Waals surface area contributed by atoms with Crippen LogP contribution in [-0.2, 0) is 9.53 Å². The van der Waals surface area contributed by atoms with E-state index in [-0.39, 0.29) is 11.4 Å². The first-order chi connectivity index (χ1) is 9.10. The number of amides is 1. The summed E-state index contributed by atoms with van der Waals surface area (Å²) in [6, 6.07) is 0. The van der Waals surface area contributed by atoms with Gasteiger partial charge in [-0.05, 0) is 39.9 Å². The molecule has 0 radical (unpaired) electrons. The van der Waals surface area contributed by atoms with Gasteiger partial charge in [-0.25, -0.2) is 0 Å². The van der Waals surface area contributed by atoms with Crippen LogP contribution in [0.4, 0.5) is 0 Å². The summed E-state index contributed by atoms with van der Waals surface area (Å²) in [7, 11) is 4.04. The Bertz CT molecular complexity index is 263. The monoisotopic (exact) mass is 271 g/mol. The third kappa shape index (κ3) is 5.47. The van der Waals surface area contributed by atoms with Crippen molar-refractivity contribution in [1.29, 1.82) is 0 Å². The molecule has 19 heavy (non-hydrogen) atoms. The summed E-state index contributed by atoms with van der Waals surface area (Å²) in [5.41, 5.74) is -0.321. The van der Waals surface area contributed by atoms with Crippen molar-refractivity contribution in [3.8, 4) is 0 Å². The van der Waals surface area contributed by atoms with Crippen molar-refractivity contribution in [1.82, 2.24) is 15.5 Å². The average molecular weight is 271 g/mol. The molecular weight excluding hydrogens is 242 g/mol. The van der Waals surface area contributed by atoms with Gasteiger partial charge in [-0.2, -0.15) is 0 Å². The molecule has 0 aliphatic carbocycles. The Kier molecular flexibility index (Phi) is 7.34. The van der Waals surface area contributed by atoms with E-state index in [4.69, 9.17) is 4.74 Å². The molecule has 1 heterocycles. The third-order valence-electron chi connectivity index (χ3n) is 3.57. The molecule has 1 aliphatic heterocycles. The summed E-state index contributed by atoms with van der Waals surface area (Å²) in [5.74, 6) is 0.142. The van der Waals surface area contributed by atoms with Gasteiger partial charge in [-0.3, -0.25) is 4.79 Å². The maximum atomic E-state index is 12.3. The molecule has 0 aromatic heterocycles. The van der Waals surface area contributed by atoms with E-state index in [2.05, 4.69) is 22.5 Å². The van der Waals surface area contributed by atoms with Gasteiger partial charge in [0.25, 0.3) is 0 Å². The second kappa shape index (κ2) is 8.51. The highest BCUT2D eigenvalue weighted by molar-refractivity contribution is 5.86. The van der Waals surface area contributed by atoms with E-state index in [9.17, 15) is 4.79 Å². The van der Waals surface area contributed by atoms with Gasteiger partial charge in [0.2, 0.25) is 5.91 Å². The number of likely N-dealkylation sites (N-methyl/N-ethyl adjacent to an activating group) is 1. The van der Waals surface area contributed by atoms with Crippen LogP contribution in [0, 0.1) is 0 Å². The lowest BCUT2D eigenvalue weighted by molar-refractivity contribution is -0.127. The summed E-state index contributed by atoms with van der Waals surface area (Å²) < 4.78 is 5.47. The Morgan fingerprint density at radius 1 is 1.42 bits per heavy atom. The molecule has 1 fully saturated rings. The minimum atomic E-state index is -0.321. The molecule has 112 valence electrons. The van der Waals surface area contributed by atoms with E-state index in [1.54, 1.807) is 0 Å². The number of ether oxygens (including phenoxy) is 1. The molecule has 1 rings (SSSR count). The van der Waals surface area contributed by atoms with Crippen LogP contribution in [-0.4, -0.2) is 63.3 Å². The summed E-state index contributed by atoms with van der Waals surface area (Å²) in [6.07, 6.45) is 3.99. The highest BCUT2D eigenvalue weighted by atomic mass is 16.5. The minimum Gasteiger partial charge on any atom is -0.378 e. The lowest BCUT2D eigenvalue weighted by Gasteiger charge is -2.27. The maximum Gasteiger partial charge on any atom is 0.240 e. The van der Waals surface area contributed by atoms with E-state index in [1.807, 2.05) is 14.1 Å². The molecule has 1 atom stereocenters. The van der Waals surface area contributed by atoms with Crippen LogP contribution < -0.4 is 10.6 Å². The fraction of sp³-hybridized carbons (Fsp3) is 0.929. The van der Waals surface area contributed by atoms with Gasteiger partial charge in [0, 0.05) is 13.1 Å². The first-order valence-corrected chi connectivity index (χ1v) is 7.36. The van der Waals surface area contributed by atoms with Gasteiger partial charge in [0.15, 0.2) is 0 Å². The second-order valence-electron chi connectivity index (χ2n) is 5.53. The number of carbonyl (C=O) groups excluding carboxylic acids is 1. The fourth-order valence-corrected chi connectivity index (χ4v) is 2.51. The molecule has 1 aliphatic rings. The number of nitrogens with zero attached hydrogens (tertiary/aromatic N) is 1. The highest BCUT2D eigenvalue weighted by Crippen LogP contribution is 2.24. The smallest absolute Gasteiger partial charge is 0.240 e. The van der Waals surface area contributed by atoms with Crippen LogP contribution in [0.1, 0.15) is 32.6 Å². The molecule has 1 saturated heterocycles. The summed E-state index contributed by atoms with van der Waals surface area (Å²) in [4.78, 5) is 14.3. The first kappa shape index (κ1) is 16.4. The van der Waals surface area contributed by atoms with E-state index >= 15 is 0 Å². The molecule has 0 saturated carbocycles. The van der Waals surface area contributed by atoms with Crippen LogP contribution in [0.2, 0.25) is 0 Å². The number of hydrogen-bond donors (Lipinski definition) is 2. The number of hydrogen-bond acceptors (Lipinski definition) is 4. The number of carbonyl (C=O) groups is 1. The predicted octanol–water partition coefficient (Wildman–Crippen LogP) is 0.603. The highest BCUT2D eigenvalue weighted by Gasteiger charge is 2.39. The molecule has 1 unspecified atom stereocenters. The standard InChI is InChI=1S/C14H29N3O2/c1-4-6-14(7-5-8-16-14)13(18)15-9-11-19-12-10-17(2)3/h16H,4-12H2,1-3H3,(H,15,18). The zero-order chi connectivity index (χ0) is 14.1. The van der Waals surface area contributed by atoms with Crippen molar-refractivity contribution in [3.63, 3.8) is 0 Å². The second-order valence-corrected chi connectivity index (χ2v) is 5.53. The number of nitrogens with one attached hydrogen (secondary N) is 2. The van der Waals surface area contributed by atoms with Crippen molar-refractivity contribution in [2.24, 2.45) is 0 Å². The number of rotatable bonds is 9. The molecule has 5 nitrogen and oxygen atoms in total. The largest absolute Gasteiger partial charge is 0.378 e. The fourth-order valence-electron chi connectivity index (χ4n) is 2.51. The molecule has 0 aromatic carbocycles. The van der Waals surface area contributed by atoms with Gasteiger partial charge in [-0.15, -0.1) is 0 Å². The molecule has 1 amide bonds. The van der Waals surface area contributed by atoms with E-state index in [0.29, 0.717) is 19.8 Å². The van der Waals surface area contributed by atoms with Crippen LogP contribution in [0.3, 0.4) is 0 Å². The molecule has 0 bridgehead atoms. The van der Waals surface area contributed by atoms with Gasteiger partial charge >= 0.3 is 0 Å². The summed E-state index contributed by atoms with van der Waals surface area (Å²) in [5, 5.41) is 6.38. The van der Waals surface area contributed by atoms with Crippen LogP contribution in [0.25, 0.3) is 0 Å². The Morgan fingerprint density at radius 3 is 2.79 bits per heavy atom. The SMILES string of the molecule is CCCC1(C(=O)NCCOCCN(C)C)CCCN1. The predicted molar refractivity (Wildman–Crippen MR) is 77.3 cm³/mol. The van der Waals surface area contributed by atoms with Crippen LogP contribution in [0.15, 0.2) is 0 Å². The normalized spacial score (nSPS) is 22.9. The van der Waals surface area contributed by atoms with Crippen molar-refractivity contribution >= 4 is 5.91 Å². The average Bonchev–Trinajstić information content (AvgIpc) is 2.83. The first-order valence-electron chi connectivity index (χ1n) is 7.36. The van der Waals surface area contributed by atoms with Gasteiger partial charge in [-0.1, -0.05) is 13.3 Å².